The molecule has 1 heterocycles. The van der Waals surface area contributed by atoms with Crippen molar-refractivity contribution in [1.29, 1.82) is 0 Å². The smallest absolute Gasteiger partial charge is 0.215 e. The Hall–Kier alpha value is -2.71. The van der Waals surface area contributed by atoms with Crippen molar-refractivity contribution in [2.75, 3.05) is 13.6 Å². The van der Waals surface area contributed by atoms with Crippen molar-refractivity contribution >= 4 is 5.96 Å². The summed E-state index contributed by atoms with van der Waals surface area (Å²) in [6.45, 7) is 0.517. The molecule has 5 heteroatoms. The van der Waals surface area contributed by atoms with Crippen LogP contribution in [0.15, 0.2) is 52.7 Å². The standard InChI is InChI=1S/C25H29N3O2/c1-28-24(26)27-17-25(14-4-7-20-5-2-3-6-21(20)16-25)29-22-13-12-19(15-23(22)30-28)11-10-18-8-9-18/h2-3,5-6,12-13,18,23H,4,7-9,14-17H2,1H3,(H2,26,27). The van der Waals surface area contributed by atoms with E-state index in [1.807, 2.05) is 13.1 Å². The first-order valence-corrected chi connectivity index (χ1v) is 11.0. The lowest BCUT2D eigenvalue weighted by atomic mass is 9.90. The molecule has 0 saturated heterocycles. The molecule has 2 atom stereocenters. The van der Waals surface area contributed by atoms with Gasteiger partial charge in [0.15, 0.2) is 0 Å². The first-order chi connectivity index (χ1) is 14.6. The number of rotatable bonds is 0. The molecule has 5 nitrogen and oxygen atoms in total. The number of nitrogens with two attached hydrogens (primary N) is 1. The van der Waals surface area contributed by atoms with E-state index in [4.69, 9.17) is 15.3 Å². The van der Waals surface area contributed by atoms with Crippen molar-refractivity contribution in [3.05, 3.63) is 58.9 Å². The first kappa shape index (κ1) is 19.3. The maximum Gasteiger partial charge on any atom is 0.215 e. The Morgan fingerprint density at radius 1 is 1.20 bits per heavy atom. The quantitative estimate of drug-likeness (QED) is 0.674. The fourth-order valence-electron chi connectivity index (χ4n) is 4.45. The van der Waals surface area contributed by atoms with Crippen LogP contribution in [-0.2, 0) is 22.4 Å². The van der Waals surface area contributed by atoms with Crippen LogP contribution in [0.1, 0.15) is 43.2 Å². The Kier molecular flexibility index (Phi) is 5.04. The van der Waals surface area contributed by atoms with E-state index < -0.39 is 5.60 Å². The molecule has 0 aromatic heterocycles. The van der Waals surface area contributed by atoms with Crippen molar-refractivity contribution in [1.82, 2.24) is 5.06 Å². The summed E-state index contributed by atoms with van der Waals surface area (Å²) in [5.74, 6) is 8.51. The maximum absolute atomic E-state index is 6.78. The second kappa shape index (κ2) is 7.85. The molecule has 3 aliphatic carbocycles. The molecule has 0 amide bonds. The van der Waals surface area contributed by atoms with E-state index in [1.54, 1.807) is 5.06 Å². The zero-order valence-corrected chi connectivity index (χ0v) is 17.6. The Morgan fingerprint density at radius 3 is 2.87 bits per heavy atom. The molecule has 1 aliphatic heterocycles. The molecule has 1 saturated carbocycles. The van der Waals surface area contributed by atoms with E-state index in [1.165, 1.54) is 24.0 Å². The molecule has 5 rings (SSSR count). The summed E-state index contributed by atoms with van der Waals surface area (Å²) < 4.78 is 6.78. The minimum Gasteiger partial charge on any atom is -0.486 e. The van der Waals surface area contributed by atoms with Crippen LogP contribution < -0.4 is 5.73 Å². The minimum atomic E-state index is -0.416. The third-order valence-corrected chi connectivity index (χ3v) is 6.37. The molecular weight excluding hydrogens is 374 g/mol. The molecule has 156 valence electrons. The molecule has 30 heavy (non-hydrogen) atoms. The summed E-state index contributed by atoms with van der Waals surface area (Å²) >= 11 is 0. The number of ether oxygens (including phenoxy) is 1. The Bertz CT molecular complexity index is 980. The molecule has 1 aromatic rings. The number of hydrogen-bond donors (Lipinski definition) is 1. The molecule has 0 radical (unpaired) electrons. The van der Waals surface area contributed by atoms with E-state index in [-0.39, 0.29) is 6.10 Å². The van der Waals surface area contributed by atoms with Gasteiger partial charge in [-0.1, -0.05) is 36.1 Å². The van der Waals surface area contributed by atoms with Crippen LogP contribution in [0, 0.1) is 17.8 Å². The van der Waals surface area contributed by atoms with E-state index >= 15 is 0 Å². The van der Waals surface area contributed by atoms with Gasteiger partial charge in [0.2, 0.25) is 5.96 Å². The Labute approximate surface area is 178 Å². The van der Waals surface area contributed by atoms with Gasteiger partial charge < -0.3 is 10.5 Å². The zero-order chi connectivity index (χ0) is 20.6. The normalized spacial score (nSPS) is 28.6. The van der Waals surface area contributed by atoms with E-state index in [9.17, 15) is 0 Å². The van der Waals surface area contributed by atoms with Gasteiger partial charge in [0.05, 0.1) is 6.54 Å². The second-order valence-electron chi connectivity index (χ2n) is 8.86. The number of fused-ring (bicyclic) bond motifs is 2. The number of aliphatic imine (C=N–C) groups is 1. The van der Waals surface area contributed by atoms with Crippen LogP contribution in [-0.4, -0.2) is 36.3 Å². The highest BCUT2D eigenvalue weighted by atomic mass is 16.7. The van der Waals surface area contributed by atoms with Gasteiger partial charge in [-0.05, 0) is 55.4 Å². The lowest BCUT2D eigenvalue weighted by molar-refractivity contribution is -0.140. The fraction of sp³-hybridized carbons (Fsp3) is 0.480. The number of nitrogens with zero attached hydrogens (tertiary/aromatic N) is 2. The average molecular weight is 404 g/mol. The zero-order valence-electron chi connectivity index (χ0n) is 17.6. The number of guanidine groups is 1. The summed E-state index contributed by atoms with van der Waals surface area (Å²) in [7, 11) is 1.81. The molecule has 4 aliphatic rings. The van der Waals surface area contributed by atoms with Crippen molar-refractivity contribution in [3.63, 3.8) is 0 Å². The van der Waals surface area contributed by atoms with Crippen molar-refractivity contribution < 1.29 is 9.57 Å². The molecule has 2 unspecified atom stereocenters. The van der Waals surface area contributed by atoms with Crippen LogP contribution in [0.3, 0.4) is 0 Å². The van der Waals surface area contributed by atoms with Crippen LogP contribution in [0.2, 0.25) is 0 Å². The van der Waals surface area contributed by atoms with Gasteiger partial charge in [-0.15, -0.1) is 0 Å². The van der Waals surface area contributed by atoms with Crippen molar-refractivity contribution in [2.24, 2.45) is 16.6 Å². The second-order valence-corrected chi connectivity index (χ2v) is 8.86. The summed E-state index contributed by atoms with van der Waals surface area (Å²) in [4.78, 5) is 10.8. The third kappa shape index (κ3) is 4.11. The van der Waals surface area contributed by atoms with Gasteiger partial charge in [-0.25, -0.2) is 10.1 Å². The maximum atomic E-state index is 6.78. The van der Waals surface area contributed by atoms with E-state index in [2.05, 4.69) is 47.2 Å². The van der Waals surface area contributed by atoms with Gasteiger partial charge in [-0.2, -0.15) is 0 Å². The molecule has 0 bridgehead atoms. The van der Waals surface area contributed by atoms with E-state index in [0.29, 0.717) is 24.8 Å². The number of hydrogen-bond acceptors (Lipinski definition) is 5. The number of aryl methyl sites for hydroxylation is 1. The molecule has 1 aromatic carbocycles. The number of benzene rings is 1. The van der Waals surface area contributed by atoms with Gasteiger partial charge >= 0.3 is 0 Å². The van der Waals surface area contributed by atoms with Crippen LogP contribution in [0.4, 0.5) is 0 Å². The minimum absolute atomic E-state index is 0.245. The predicted octanol–water partition coefficient (Wildman–Crippen LogP) is 3.51. The van der Waals surface area contributed by atoms with Gasteiger partial charge in [0.1, 0.15) is 17.5 Å². The topological polar surface area (TPSA) is 60.1 Å². The predicted molar refractivity (Wildman–Crippen MR) is 117 cm³/mol. The number of hydroxylamine groups is 2. The average Bonchev–Trinajstić information content (AvgIpc) is 3.58. The van der Waals surface area contributed by atoms with E-state index in [0.717, 1.165) is 37.0 Å². The fourth-order valence-corrected chi connectivity index (χ4v) is 4.45. The van der Waals surface area contributed by atoms with Gasteiger partial charge in [-0.3, -0.25) is 4.84 Å². The lowest BCUT2D eigenvalue weighted by Crippen LogP contribution is -2.40. The molecule has 1 spiro atoms. The van der Waals surface area contributed by atoms with Crippen LogP contribution >= 0.6 is 0 Å². The van der Waals surface area contributed by atoms with Crippen molar-refractivity contribution in [2.45, 2.75) is 56.7 Å². The van der Waals surface area contributed by atoms with Crippen LogP contribution in [0.25, 0.3) is 0 Å². The Balaban J connectivity index is 1.49. The lowest BCUT2D eigenvalue weighted by Gasteiger charge is -2.36. The summed E-state index contributed by atoms with van der Waals surface area (Å²) in [5, 5.41) is 1.57. The Morgan fingerprint density at radius 2 is 2.03 bits per heavy atom. The summed E-state index contributed by atoms with van der Waals surface area (Å²) in [6.07, 6.45) is 10.9. The monoisotopic (exact) mass is 403 g/mol. The van der Waals surface area contributed by atoms with Gasteiger partial charge in [0, 0.05) is 31.4 Å². The summed E-state index contributed by atoms with van der Waals surface area (Å²) in [6, 6.07) is 8.67. The molecule has 2 N–H and O–H groups in total. The highest BCUT2D eigenvalue weighted by Crippen LogP contribution is 2.36. The highest BCUT2D eigenvalue weighted by Gasteiger charge is 2.39. The third-order valence-electron chi connectivity index (χ3n) is 6.37. The largest absolute Gasteiger partial charge is 0.486 e. The highest BCUT2D eigenvalue weighted by molar-refractivity contribution is 5.76. The summed E-state index contributed by atoms with van der Waals surface area (Å²) in [5.41, 5.74) is 9.66. The van der Waals surface area contributed by atoms with Crippen molar-refractivity contribution in [3.8, 4) is 11.8 Å². The van der Waals surface area contributed by atoms with Gasteiger partial charge in [0.25, 0.3) is 0 Å². The van der Waals surface area contributed by atoms with Crippen LogP contribution in [0.5, 0.6) is 0 Å². The number of allylic oxidation sites excluding steroid dienone is 2. The SMILES string of the molecule is CN1OC2CC(C#CC3CC3)=CC=C2OC2(CCCc3ccccc3C2)CN=C1N. The first-order valence-electron chi connectivity index (χ1n) is 11.0. The molecule has 1 fully saturated rings. The molecular formula is C25H29N3O2.